The van der Waals surface area contributed by atoms with Gasteiger partial charge >= 0.3 is 0 Å². The van der Waals surface area contributed by atoms with E-state index in [2.05, 4.69) is 21.7 Å². The molecule has 0 saturated heterocycles. The Balaban J connectivity index is 0.00000132. The van der Waals surface area contributed by atoms with Crippen LogP contribution < -0.4 is 10.6 Å². The van der Waals surface area contributed by atoms with E-state index in [0.29, 0.717) is 6.42 Å². The van der Waals surface area contributed by atoms with Crippen molar-refractivity contribution in [3.8, 4) is 0 Å². The molecule has 3 rings (SSSR count). The van der Waals surface area contributed by atoms with Crippen molar-refractivity contribution >= 4 is 42.1 Å². The second kappa shape index (κ2) is 9.38. The number of fused-ring (bicyclic) bond motifs is 1. The summed E-state index contributed by atoms with van der Waals surface area (Å²) < 4.78 is 0. The highest BCUT2D eigenvalue weighted by molar-refractivity contribution is 5.91. The molecule has 124 valence electrons. The Labute approximate surface area is 148 Å². The zero-order chi connectivity index (χ0) is 14.5. The molecule has 0 spiro atoms. The summed E-state index contributed by atoms with van der Waals surface area (Å²) in [6.07, 6.45) is 6.95. The Kier molecular flexibility index (Phi) is 7.86. The van der Waals surface area contributed by atoms with Crippen LogP contribution in [0.2, 0.25) is 0 Å². The van der Waals surface area contributed by atoms with Crippen molar-refractivity contribution < 1.29 is 4.79 Å². The molecule has 2 N–H and O–H groups in total. The van der Waals surface area contributed by atoms with E-state index in [0.717, 1.165) is 37.1 Å². The van der Waals surface area contributed by atoms with Gasteiger partial charge in [-0.1, -0.05) is 0 Å². The van der Waals surface area contributed by atoms with Crippen molar-refractivity contribution in [2.45, 2.75) is 25.7 Å². The van der Waals surface area contributed by atoms with Gasteiger partial charge in [0.05, 0.1) is 0 Å². The van der Waals surface area contributed by atoms with E-state index in [1.165, 1.54) is 11.3 Å². The monoisotopic (exact) mass is 353 g/mol. The Morgan fingerprint density at radius 1 is 1.17 bits per heavy atom. The van der Waals surface area contributed by atoms with Crippen LogP contribution in [0.15, 0.2) is 42.7 Å². The number of aromatic nitrogens is 1. The normalized spacial score (nSPS) is 12.0. The summed E-state index contributed by atoms with van der Waals surface area (Å²) in [5.74, 6) is 0.0514. The molecule has 2 aromatic rings. The zero-order valence-electron chi connectivity index (χ0n) is 12.7. The minimum absolute atomic E-state index is 0. The number of nitrogens with one attached hydrogen (secondary N) is 2. The molecule has 0 bridgehead atoms. The second-order valence-corrected chi connectivity index (χ2v) is 5.31. The molecule has 1 amide bonds. The second-order valence-electron chi connectivity index (χ2n) is 5.31. The van der Waals surface area contributed by atoms with Gasteiger partial charge in [0, 0.05) is 36.7 Å². The fraction of sp³-hybridized carbons (Fsp3) is 0.294. The highest BCUT2D eigenvalue weighted by Crippen LogP contribution is 2.25. The number of hydrogen-bond acceptors (Lipinski definition) is 3. The lowest BCUT2D eigenvalue weighted by molar-refractivity contribution is -0.116. The molecule has 23 heavy (non-hydrogen) atoms. The first-order valence-electron chi connectivity index (χ1n) is 7.37. The van der Waals surface area contributed by atoms with Crippen LogP contribution in [0.5, 0.6) is 0 Å². The standard InChI is InChI=1S/C17H19N3O.2ClH/c21-17(6-3-13-7-10-18-11-8-13)20-15-4-5-16-14(12-15)2-1-9-19-16;;/h4-5,7-8,10-12,19H,1-3,6,9H2,(H,20,21);2*1H. The average Bonchev–Trinajstić information content (AvgIpc) is 2.54. The molecule has 1 aromatic heterocycles. The zero-order valence-corrected chi connectivity index (χ0v) is 14.4. The molecule has 0 radical (unpaired) electrons. The number of anilines is 2. The number of halogens is 2. The lowest BCUT2D eigenvalue weighted by atomic mass is 10.0. The molecule has 0 atom stereocenters. The van der Waals surface area contributed by atoms with E-state index >= 15 is 0 Å². The largest absolute Gasteiger partial charge is 0.385 e. The summed E-state index contributed by atoms with van der Waals surface area (Å²) in [7, 11) is 0. The summed E-state index contributed by atoms with van der Waals surface area (Å²) in [4.78, 5) is 16.0. The third-order valence-electron chi connectivity index (χ3n) is 3.72. The molecule has 0 aliphatic carbocycles. The Morgan fingerprint density at radius 3 is 2.74 bits per heavy atom. The lowest BCUT2D eigenvalue weighted by Crippen LogP contribution is -2.15. The number of hydrogen-bond donors (Lipinski definition) is 2. The van der Waals surface area contributed by atoms with E-state index in [9.17, 15) is 4.79 Å². The SMILES string of the molecule is Cl.Cl.O=C(CCc1ccncc1)Nc1ccc2c(c1)CCCN2. The van der Waals surface area contributed by atoms with Crippen LogP contribution in [0.4, 0.5) is 11.4 Å². The van der Waals surface area contributed by atoms with Crippen molar-refractivity contribution in [3.63, 3.8) is 0 Å². The maximum Gasteiger partial charge on any atom is 0.224 e. The highest BCUT2D eigenvalue weighted by atomic mass is 35.5. The van der Waals surface area contributed by atoms with E-state index < -0.39 is 0 Å². The van der Waals surface area contributed by atoms with Crippen molar-refractivity contribution in [2.24, 2.45) is 0 Å². The van der Waals surface area contributed by atoms with Gasteiger partial charge in [-0.05, 0) is 60.7 Å². The van der Waals surface area contributed by atoms with Crippen LogP contribution >= 0.6 is 24.8 Å². The molecular weight excluding hydrogens is 333 g/mol. The van der Waals surface area contributed by atoms with Gasteiger partial charge in [0.2, 0.25) is 5.91 Å². The van der Waals surface area contributed by atoms with Crippen LogP contribution in [0.1, 0.15) is 24.0 Å². The van der Waals surface area contributed by atoms with Gasteiger partial charge in [-0.25, -0.2) is 0 Å². The Morgan fingerprint density at radius 2 is 1.96 bits per heavy atom. The smallest absolute Gasteiger partial charge is 0.224 e. The Hall–Kier alpha value is -1.78. The molecule has 0 unspecified atom stereocenters. The number of pyridine rings is 1. The first kappa shape index (κ1) is 19.3. The third kappa shape index (κ3) is 5.41. The molecule has 0 fully saturated rings. The van der Waals surface area contributed by atoms with E-state index in [1.807, 2.05) is 24.3 Å². The van der Waals surface area contributed by atoms with E-state index in [-0.39, 0.29) is 30.7 Å². The maximum atomic E-state index is 12.0. The molecule has 2 heterocycles. The van der Waals surface area contributed by atoms with Gasteiger partial charge in [0.25, 0.3) is 0 Å². The minimum Gasteiger partial charge on any atom is -0.385 e. The summed E-state index contributed by atoms with van der Waals surface area (Å²) in [5.41, 5.74) is 4.50. The molecular formula is C17H21Cl2N3O. The topological polar surface area (TPSA) is 54.0 Å². The number of amides is 1. The lowest BCUT2D eigenvalue weighted by Gasteiger charge is -2.18. The van der Waals surface area contributed by atoms with Crippen molar-refractivity contribution in [3.05, 3.63) is 53.9 Å². The summed E-state index contributed by atoms with van der Waals surface area (Å²) >= 11 is 0. The van der Waals surface area contributed by atoms with Gasteiger partial charge in [0.1, 0.15) is 0 Å². The number of carbonyl (C=O) groups is 1. The number of carbonyl (C=O) groups excluding carboxylic acids is 1. The first-order valence-corrected chi connectivity index (χ1v) is 7.37. The predicted octanol–water partition coefficient (Wildman–Crippen LogP) is 3.85. The van der Waals surface area contributed by atoms with Crippen LogP contribution in [0.25, 0.3) is 0 Å². The van der Waals surface area contributed by atoms with Gasteiger partial charge in [-0.2, -0.15) is 0 Å². The molecule has 6 heteroatoms. The van der Waals surface area contributed by atoms with E-state index in [4.69, 9.17) is 0 Å². The predicted molar refractivity (Wildman–Crippen MR) is 98.9 cm³/mol. The van der Waals surface area contributed by atoms with Crippen molar-refractivity contribution in [2.75, 3.05) is 17.2 Å². The molecule has 1 aromatic carbocycles. The first-order chi connectivity index (χ1) is 10.3. The average molecular weight is 354 g/mol. The van der Waals surface area contributed by atoms with Crippen LogP contribution in [0.3, 0.4) is 0 Å². The summed E-state index contributed by atoms with van der Waals surface area (Å²) in [6, 6.07) is 9.97. The summed E-state index contributed by atoms with van der Waals surface area (Å²) in [6.45, 7) is 1.03. The van der Waals surface area contributed by atoms with E-state index in [1.54, 1.807) is 12.4 Å². The van der Waals surface area contributed by atoms with Gasteiger partial charge in [0.15, 0.2) is 0 Å². The van der Waals surface area contributed by atoms with Crippen LogP contribution in [-0.4, -0.2) is 17.4 Å². The fourth-order valence-electron chi connectivity index (χ4n) is 2.58. The Bertz CT molecular complexity index is 635. The number of benzene rings is 1. The number of nitrogens with zero attached hydrogens (tertiary/aromatic N) is 1. The highest BCUT2D eigenvalue weighted by Gasteiger charge is 2.10. The van der Waals surface area contributed by atoms with Crippen molar-refractivity contribution in [1.29, 1.82) is 0 Å². The quantitative estimate of drug-likeness (QED) is 0.877. The van der Waals surface area contributed by atoms with Gasteiger partial charge in [-0.15, -0.1) is 24.8 Å². The minimum atomic E-state index is 0. The van der Waals surface area contributed by atoms with Gasteiger partial charge < -0.3 is 10.6 Å². The number of aryl methyl sites for hydroxylation is 2. The molecule has 4 nitrogen and oxygen atoms in total. The molecule has 0 saturated carbocycles. The molecule has 1 aliphatic heterocycles. The fourth-order valence-corrected chi connectivity index (χ4v) is 2.58. The van der Waals surface area contributed by atoms with Gasteiger partial charge in [-0.3, -0.25) is 9.78 Å². The van der Waals surface area contributed by atoms with Crippen LogP contribution in [0, 0.1) is 0 Å². The van der Waals surface area contributed by atoms with Crippen molar-refractivity contribution in [1.82, 2.24) is 4.98 Å². The maximum absolute atomic E-state index is 12.0. The number of rotatable bonds is 4. The molecule has 1 aliphatic rings. The van der Waals surface area contributed by atoms with Crippen LogP contribution in [-0.2, 0) is 17.6 Å². The summed E-state index contributed by atoms with van der Waals surface area (Å²) in [5, 5.41) is 6.35. The third-order valence-corrected chi connectivity index (χ3v) is 3.72.